The van der Waals surface area contributed by atoms with Crippen molar-refractivity contribution in [1.29, 1.82) is 0 Å². The van der Waals surface area contributed by atoms with Gasteiger partial charge in [-0.3, -0.25) is 14.2 Å². The third kappa shape index (κ3) is 35.1. The second-order valence-corrected chi connectivity index (χ2v) is 17.1. The number of esters is 2. The molecule has 1 aliphatic rings. The molecule has 3 unspecified atom stereocenters. The first kappa shape index (κ1) is 52.4. The van der Waals surface area contributed by atoms with Crippen molar-refractivity contribution in [3.05, 3.63) is 72.9 Å². The molecule has 0 aromatic carbocycles. The summed E-state index contributed by atoms with van der Waals surface area (Å²) in [6, 6.07) is 0. The SMILES string of the molecule is CC/C=C\C/C=C\C/C=C\CCCCCCCC(=O)OC[C@H](COP(=O)([O-])OCC[N+](C)(C)C)OC(=O)CCC/C=C\C/C=C\CC1OC1C/C=C\CCCCC. The molecule has 1 rings (SSSR count). The summed E-state index contributed by atoms with van der Waals surface area (Å²) in [4.78, 5) is 37.5. The normalized spacial score (nSPS) is 17.9. The number of allylic oxidation sites excluding steroid dienone is 10. The van der Waals surface area contributed by atoms with Crippen molar-refractivity contribution in [2.45, 2.75) is 161 Å². The lowest BCUT2D eigenvalue weighted by atomic mass is 10.1. The molecule has 0 radical (unpaired) electrons. The number of unbranched alkanes of at least 4 members (excludes halogenated alkanes) is 9. The molecular formula is C46H78NO9P. The third-order valence-electron chi connectivity index (χ3n) is 9.11. The van der Waals surface area contributed by atoms with Crippen molar-refractivity contribution in [3.63, 3.8) is 0 Å². The van der Waals surface area contributed by atoms with Crippen LogP contribution < -0.4 is 4.89 Å². The van der Waals surface area contributed by atoms with E-state index in [-0.39, 0.29) is 26.1 Å². The molecule has 11 heteroatoms. The van der Waals surface area contributed by atoms with Gasteiger partial charge in [-0.15, -0.1) is 0 Å². The van der Waals surface area contributed by atoms with Crippen molar-refractivity contribution >= 4 is 19.8 Å². The fraction of sp³-hybridized carbons (Fsp3) is 0.696. The zero-order chi connectivity index (χ0) is 41.9. The van der Waals surface area contributed by atoms with Crippen LogP contribution in [-0.4, -0.2) is 82.2 Å². The molecule has 0 bridgehead atoms. The maximum atomic E-state index is 12.7. The second-order valence-electron chi connectivity index (χ2n) is 15.7. The first-order valence-corrected chi connectivity index (χ1v) is 23.2. The van der Waals surface area contributed by atoms with E-state index in [4.69, 9.17) is 23.3 Å². The summed E-state index contributed by atoms with van der Waals surface area (Å²) in [5, 5.41) is 0. The van der Waals surface area contributed by atoms with Gasteiger partial charge in [0.25, 0.3) is 7.82 Å². The zero-order valence-corrected chi connectivity index (χ0v) is 37.1. The molecule has 57 heavy (non-hydrogen) atoms. The lowest BCUT2D eigenvalue weighted by molar-refractivity contribution is -0.870. The largest absolute Gasteiger partial charge is 0.756 e. The summed E-state index contributed by atoms with van der Waals surface area (Å²) in [7, 11) is 1.10. The third-order valence-corrected chi connectivity index (χ3v) is 10.1. The van der Waals surface area contributed by atoms with Crippen LogP contribution in [0.1, 0.15) is 142 Å². The Balaban J connectivity index is 2.35. The molecule has 1 aliphatic heterocycles. The maximum absolute atomic E-state index is 12.7. The smallest absolute Gasteiger partial charge is 0.306 e. The Morgan fingerprint density at radius 3 is 1.82 bits per heavy atom. The van der Waals surface area contributed by atoms with Gasteiger partial charge in [0.1, 0.15) is 19.8 Å². The van der Waals surface area contributed by atoms with Gasteiger partial charge >= 0.3 is 11.9 Å². The molecule has 0 saturated carbocycles. The van der Waals surface area contributed by atoms with Crippen molar-refractivity contribution in [3.8, 4) is 0 Å². The van der Waals surface area contributed by atoms with Crippen molar-refractivity contribution in [1.82, 2.24) is 0 Å². The van der Waals surface area contributed by atoms with E-state index < -0.39 is 32.5 Å². The average Bonchev–Trinajstić information content (AvgIpc) is 3.92. The molecule has 0 aliphatic carbocycles. The lowest BCUT2D eigenvalue weighted by Crippen LogP contribution is -2.37. The number of phosphoric acid groups is 1. The molecule has 0 amide bonds. The number of epoxide rings is 1. The van der Waals surface area contributed by atoms with Crippen LogP contribution in [0, 0.1) is 0 Å². The number of hydrogen-bond acceptors (Lipinski definition) is 9. The highest BCUT2D eigenvalue weighted by Gasteiger charge is 2.36. The average molecular weight is 820 g/mol. The van der Waals surface area contributed by atoms with Gasteiger partial charge in [-0.05, 0) is 83.5 Å². The fourth-order valence-corrected chi connectivity index (χ4v) is 6.31. The highest BCUT2D eigenvalue weighted by atomic mass is 31.2. The van der Waals surface area contributed by atoms with Gasteiger partial charge in [-0.25, -0.2) is 0 Å². The molecule has 10 nitrogen and oxygen atoms in total. The molecule has 1 heterocycles. The van der Waals surface area contributed by atoms with E-state index in [1.54, 1.807) is 0 Å². The highest BCUT2D eigenvalue weighted by molar-refractivity contribution is 7.45. The van der Waals surface area contributed by atoms with Crippen LogP contribution in [0.25, 0.3) is 0 Å². The number of carbonyl (C=O) groups excluding carboxylic acids is 2. The quantitative estimate of drug-likeness (QED) is 0.0150. The summed E-state index contributed by atoms with van der Waals surface area (Å²) in [5.74, 6) is -0.934. The van der Waals surface area contributed by atoms with Crippen LogP contribution in [0.5, 0.6) is 0 Å². The first-order valence-electron chi connectivity index (χ1n) is 21.8. The van der Waals surface area contributed by atoms with E-state index in [1.807, 2.05) is 27.2 Å². The van der Waals surface area contributed by atoms with E-state index in [9.17, 15) is 19.0 Å². The summed E-state index contributed by atoms with van der Waals surface area (Å²) in [6.45, 7) is 3.96. The van der Waals surface area contributed by atoms with Gasteiger partial charge in [0.05, 0.1) is 40.0 Å². The van der Waals surface area contributed by atoms with E-state index in [2.05, 4.69) is 80.7 Å². The molecule has 0 N–H and O–H groups in total. The Bertz CT molecular complexity index is 1270. The minimum atomic E-state index is -4.65. The van der Waals surface area contributed by atoms with Gasteiger partial charge in [0.15, 0.2) is 6.10 Å². The topological polar surface area (TPSA) is 124 Å². The minimum Gasteiger partial charge on any atom is -0.756 e. The molecule has 1 fully saturated rings. The van der Waals surface area contributed by atoms with Gasteiger partial charge in [-0.1, -0.05) is 119 Å². The Kier molecular flexibility index (Phi) is 31.5. The molecule has 0 spiro atoms. The van der Waals surface area contributed by atoms with E-state index in [0.29, 0.717) is 42.5 Å². The Hall–Kier alpha value is -2.59. The number of carbonyl (C=O) groups is 2. The second kappa shape index (κ2) is 34.3. The van der Waals surface area contributed by atoms with Crippen LogP contribution in [0.15, 0.2) is 72.9 Å². The van der Waals surface area contributed by atoms with Crippen LogP contribution in [-0.2, 0) is 37.4 Å². The lowest BCUT2D eigenvalue weighted by Gasteiger charge is -2.28. The number of phosphoric ester groups is 1. The number of hydrogen-bond donors (Lipinski definition) is 0. The monoisotopic (exact) mass is 820 g/mol. The van der Waals surface area contributed by atoms with Gasteiger partial charge in [0.2, 0.25) is 0 Å². The van der Waals surface area contributed by atoms with Crippen LogP contribution in [0.2, 0.25) is 0 Å². The van der Waals surface area contributed by atoms with Crippen LogP contribution >= 0.6 is 7.82 Å². The maximum Gasteiger partial charge on any atom is 0.306 e. The molecule has 1 saturated heterocycles. The number of rotatable bonds is 37. The van der Waals surface area contributed by atoms with Crippen LogP contribution in [0.4, 0.5) is 0 Å². The summed E-state index contributed by atoms with van der Waals surface area (Å²) < 4.78 is 39.6. The van der Waals surface area contributed by atoms with Gasteiger partial charge in [-0.2, -0.15) is 0 Å². The predicted octanol–water partition coefficient (Wildman–Crippen LogP) is 10.6. The summed E-state index contributed by atoms with van der Waals surface area (Å²) >= 11 is 0. The predicted molar refractivity (Wildman–Crippen MR) is 230 cm³/mol. The van der Waals surface area contributed by atoms with Crippen molar-refractivity contribution < 1.29 is 46.8 Å². The molecule has 0 aromatic heterocycles. The van der Waals surface area contributed by atoms with Crippen molar-refractivity contribution in [2.24, 2.45) is 0 Å². The number of quaternary nitrogens is 1. The number of likely N-dealkylation sites (N-methyl/N-ethyl adjacent to an activating group) is 1. The number of ether oxygens (including phenoxy) is 3. The Morgan fingerprint density at radius 2 is 1.18 bits per heavy atom. The molecular weight excluding hydrogens is 741 g/mol. The Morgan fingerprint density at radius 1 is 0.649 bits per heavy atom. The molecule has 4 atom stereocenters. The zero-order valence-electron chi connectivity index (χ0n) is 36.2. The standard InChI is InChI=1S/C46H78NO9P/c1-6-8-10-12-14-15-16-17-18-19-20-21-24-28-32-36-45(48)52-40-42(41-54-57(50,51)53-39-38-47(3,4)5)55-46(49)37-33-29-25-22-23-27-31-35-44-43(56-44)34-30-26-13-11-9-7-2/h8,10,14-15,17-18,22,25-27,30-31,42-44H,6-7,9,11-13,16,19-21,23-24,28-29,32-41H2,1-5H3/b10-8-,15-14-,18-17-,25-22-,30-26-,31-27-/t42-,43?,44?/m1/s1. The molecule has 326 valence electrons. The van der Waals surface area contributed by atoms with Gasteiger partial charge < -0.3 is 32.6 Å². The van der Waals surface area contributed by atoms with Gasteiger partial charge in [0, 0.05) is 12.8 Å². The van der Waals surface area contributed by atoms with Crippen molar-refractivity contribution in [2.75, 3.05) is 47.5 Å². The molecule has 0 aromatic rings. The summed E-state index contributed by atoms with van der Waals surface area (Å²) in [5.41, 5.74) is 0. The highest BCUT2D eigenvalue weighted by Crippen LogP contribution is 2.38. The van der Waals surface area contributed by atoms with Crippen LogP contribution in [0.3, 0.4) is 0 Å². The van der Waals surface area contributed by atoms with E-state index in [0.717, 1.165) is 77.0 Å². The fourth-order valence-electron chi connectivity index (χ4n) is 5.58. The van der Waals surface area contributed by atoms with E-state index in [1.165, 1.54) is 19.3 Å². The van der Waals surface area contributed by atoms with E-state index >= 15 is 0 Å². The first-order chi connectivity index (χ1) is 27.5. The number of nitrogens with zero attached hydrogens (tertiary/aromatic N) is 1. The Labute approximate surface area is 346 Å². The minimum absolute atomic E-state index is 0.0503. The summed E-state index contributed by atoms with van der Waals surface area (Å²) in [6.07, 6.45) is 43.9.